The SMILES string of the molecule is CN1CCN(c2cccc(N=c3ccn4ncc(=Cc5[nH]c(=O)[nH]c5O)c4n3)c2)CC1.CN1CCN(c2cccc(Nc3ccn4ncc(C=O)c4n3)c2)CC1. The zero-order valence-electron chi connectivity index (χ0n) is 31.1. The zero-order valence-corrected chi connectivity index (χ0v) is 31.1. The highest BCUT2D eigenvalue weighted by Crippen LogP contribution is 2.24. The molecule has 7 aromatic rings. The number of carbonyl (C=O) groups is 1. The first-order valence-corrected chi connectivity index (χ1v) is 18.3. The number of hydrogen-bond acceptors (Lipinski definition) is 13. The molecule has 0 unspecified atom stereocenters. The number of hydrogen-bond donors (Lipinski definition) is 4. The lowest BCUT2D eigenvalue weighted by molar-refractivity contribution is 0.112. The van der Waals surface area contributed by atoms with E-state index in [4.69, 9.17) is 4.99 Å². The molecule has 2 saturated heterocycles. The maximum absolute atomic E-state index is 11.4. The minimum absolute atomic E-state index is 0.231. The number of H-pyrrole nitrogens is 2. The molecule has 0 aliphatic carbocycles. The van der Waals surface area contributed by atoms with Crippen molar-refractivity contribution in [3.63, 3.8) is 0 Å². The standard InChI is InChI=1S/C21H22N8O2.C18H20N6O/c1-27-7-9-28(10-8-27)16-4-2-3-15(12-16)23-18-5-6-29-19(25-18)14(13-22-29)11-17-20(30)26-21(31)24-17;1-22-7-9-23(10-8-22)16-4-2-3-15(11-16)20-17-5-6-24-18(21-17)14(13-25)12-19-24/h2-6,11-13,30H,7-10H2,1H3,(H2,24,26,31);2-6,11-13H,7-10H2,1H3,(H,20,21). The summed E-state index contributed by atoms with van der Waals surface area (Å²) in [5, 5.41) is 22.1. The van der Waals surface area contributed by atoms with Crippen molar-refractivity contribution in [3.8, 4) is 5.88 Å². The molecule has 17 heteroatoms. The van der Waals surface area contributed by atoms with Crippen molar-refractivity contribution in [2.45, 2.75) is 0 Å². The van der Waals surface area contributed by atoms with Gasteiger partial charge in [-0.1, -0.05) is 12.1 Å². The van der Waals surface area contributed by atoms with E-state index in [1.54, 1.807) is 39.8 Å². The zero-order chi connectivity index (χ0) is 38.6. The first-order chi connectivity index (χ1) is 27.3. The van der Waals surface area contributed by atoms with Crippen molar-refractivity contribution in [1.82, 2.24) is 49.0 Å². The summed E-state index contributed by atoms with van der Waals surface area (Å²) < 4.78 is 3.21. The molecule has 0 bridgehead atoms. The second-order valence-electron chi connectivity index (χ2n) is 13.8. The van der Waals surface area contributed by atoms with Crippen molar-refractivity contribution in [3.05, 3.63) is 118 Å². The Bertz CT molecular complexity index is 2660. The number of nitrogens with one attached hydrogen (secondary N) is 3. The lowest BCUT2D eigenvalue weighted by Crippen LogP contribution is -2.44. The van der Waals surface area contributed by atoms with Crippen LogP contribution in [0.25, 0.3) is 17.4 Å². The molecule has 2 fully saturated rings. The van der Waals surface area contributed by atoms with Crippen molar-refractivity contribution in [2.24, 2.45) is 4.99 Å². The predicted molar refractivity (Wildman–Crippen MR) is 214 cm³/mol. The number of aromatic amines is 2. The lowest BCUT2D eigenvalue weighted by atomic mass is 10.2. The highest BCUT2D eigenvalue weighted by Gasteiger charge is 2.16. The fraction of sp³-hybridized carbons (Fsp3) is 0.256. The molecule has 0 spiro atoms. The van der Waals surface area contributed by atoms with Gasteiger partial charge in [0.25, 0.3) is 0 Å². The third-order valence-electron chi connectivity index (χ3n) is 9.87. The number of piperazine rings is 2. The van der Waals surface area contributed by atoms with Crippen molar-refractivity contribution >= 4 is 52.2 Å². The maximum atomic E-state index is 11.4. The van der Waals surface area contributed by atoms with Gasteiger partial charge in [0.15, 0.2) is 23.1 Å². The van der Waals surface area contributed by atoms with Gasteiger partial charge in [-0.15, -0.1) is 0 Å². The van der Waals surface area contributed by atoms with E-state index in [9.17, 15) is 14.7 Å². The summed E-state index contributed by atoms with van der Waals surface area (Å²) in [5.74, 6) is 0.456. The van der Waals surface area contributed by atoms with Gasteiger partial charge in [0.1, 0.15) is 11.5 Å². The van der Waals surface area contributed by atoms with Gasteiger partial charge in [0.05, 0.1) is 23.6 Å². The monoisotopic (exact) mass is 754 g/mol. The van der Waals surface area contributed by atoms with Crippen LogP contribution in [-0.4, -0.2) is 127 Å². The number of likely N-dealkylation sites (N-methyl/N-ethyl adjacent to an activating group) is 2. The van der Waals surface area contributed by atoms with Crippen LogP contribution in [0.15, 0.2) is 95.2 Å². The van der Waals surface area contributed by atoms with Crippen molar-refractivity contribution in [2.75, 3.05) is 81.6 Å². The second kappa shape index (κ2) is 15.9. The van der Waals surface area contributed by atoms with Crippen molar-refractivity contribution in [1.29, 1.82) is 0 Å². The average Bonchev–Trinajstić information content (AvgIpc) is 3.91. The number of aldehydes is 1. The number of aromatic hydroxyl groups is 1. The Hall–Kier alpha value is -6.85. The Labute approximate surface area is 320 Å². The van der Waals surface area contributed by atoms with Gasteiger partial charge < -0.3 is 35.0 Å². The molecule has 4 N–H and O–H groups in total. The number of benzene rings is 2. The highest BCUT2D eigenvalue weighted by molar-refractivity contribution is 5.84. The summed E-state index contributed by atoms with van der Waals surface area (Å²) in [7, 11) is 4.29. The largest absolute Gasteiger partial charge is 0.493 e. The summed E-state index contributed by atoms with van der Waals surface area (Å²) in [6.07, 6.45) is 9.09. The Morgan fingerprint density at radius 1 is 0.768 bits per heavy atom. The number of imidazole rings is 1. The van der Waals surface area contributed by atoms with E-state index < -0.39 is 5.69 Å². The Balaban J connectivity index is 0.000000161. The molecule has 0 saturated carbocycles. The topological polar surface area (TPSA) is 184 Å². The minimum Gasteiger partial charge on any atom is -0.493 e. The quantitative estimate of drug-likeness (QED) is 0.174. The van der Waals surface area contributed by atoms with Crippen molar-refractivity contribution < 1.29 is 9.90 Å². The van der Waals surface area contributed by atoms with E-state index in [0.29, 0.717) is 33.4 Å². The molecule has 2 aliphatic rings. The van der Waals surface area contributed by atoms with Gasteiger partial charge in [-0.25, -0.2) is 28.8 Å². The summed E-state index contributed by atoms with van der Waals surface area (Å²) in [6.45, 7) is 8.28. The van der Waals surface area contributed by atoms with Gasteiger partial charge in [-0.3, -0.25) is 9.78 Å². The Kier molecular flexibility index (Phi) is 10.2. The van der Waals surface area contributed by atoms with E-state index in [1.807, 2.05) is 30.3 Å². The molecule has 5 aromatic heterocycles. The average molecular weight is 755 g/mol. The van der Waals surface area contributed by atoms with Gasteiger partial charge in [0.2, 0.25) is 5.88 Å². The van der Waals surface area contributed by atoms with E-state index in [2.05, 4.69) is 93.4 Å². The molecule has 7 heterocycles. The molecule has 286 valence electrons. The van der Waals surface area contributed by atoms with Crippen LogP contribution in [0.5, 0.6) is 5.88 Å². The number of fused-ring (bicyclic) bond motifs is 2. The molecule has 2 aromatic carbocycles. The molecule has 17 nitrogen and oxygen atoms in total. The van der Waals surface area contributed by atoms with Gasteiger partial charge >= 0.3 is 5.69 Å². The van der Waals surface area contributed by atoms with Crippen LogP contribution in [0.2, 0.25) is 0 Å². The molecular weight excluding hydrogens is 713 g/mol. The van der Waals surface area contributed by atoms with Crippen LogP contribution < -0.4 is 31.5 Å². The highest BCUT2D eigenvalue weighted by atomic mass is 16.3. The molecule has 9 rings (SSSR count). The van der Waals surface area contributed by atoms with Gasteiger partial charge in [-0.05, 0) is 62.6 Å². The summed E-state index contributed by atoms with van der Waals surface area (Å²) in [4.78, 5) is 50.5. The second-order valence-corrected chi connectivity index (χ2v) is 13.8. The predicted octanol–water partition coefficient (Wildman–Crippen LogP) is 2.02. The Morgan fingerprint density at radius 2 is 1.43 bits per heavy atom. The summed E-state index contributed by atoms with van der Waals surface area (Å²) in [5.41, 5.74) is 6.09. The molecule has 0 amide bonds. The number of rotatable bonds is 7. The first-order valence-electron chi connectivity index (χ1n) is 18.3. The summed E-state index contributed by atoms with van der Waals surface area (Å²) in [6, 6.07) is 20.1. The number of aromatic nitrogens is 8. The minimum atomic E-state index is -0.482. The molecule has 56 heavy (non-hydrogen) atoms. The normalized spacial score (nSPS) is 16.0. The number of anilines is 4. The van der Waals surface area contributed by atoms with Gasteiger partial charge in [-0.2, -0.15) is 10.2 Å². The van der Waals surface area contributed by atoms with Crippen LogP contribution in [-0.2, 0) is 0 Å². The fourth-order valence-electron chi connectivity index (χ4n) is 6.68. The van der Waals surface area contributed by atoms with Crippen LogP contribution in [0.3, 0.4) is 0 Å². The fourth-order valence-corrected chi connectivity index (χ4v) is 6.68. The molecule has 2 aliphatic heterocycles. The van der Waals surface area contributed by atoms with Gasteiger partial charge in [0, 0.05) is 93.1 Å². The van der Waals surface area contributed by atoms with E-state index in [-0.39, 0.29) is 11.6 Å². The third kappa shape index (κ3) is 8.13. The van der Waals surface area contributed by atoms with Crippen LogP contribution in [0.4, 0.5) is 28.6 Å². The molecule has 0 atom stereocenters. The summed E-state index contributed by atoms with van der Waals surface area (Å²) >= 11 is 0. The smallest absolute Gasteiger partial charge is 0.326 e. The third-order valence-corrected chi connectivity index (χ3v) is 9.87. The molecule has 0 radical (unpaired) electrons. The van der Waals surface area contributed by atoms with E-state index >= 15 is 0 Å². The van der Waals surface area contributed by atoms with E-state index in [1.165, 1.54) is 11.9 Å². The van der Waals surface area contributed by atoms with Crippen LogP contribution in [0, 0.1) is 0 Å². The Morgan fingerprint density at radius 3 is 2.12 bits per heavy atom. The lowest BCUT2D eigenvalue weighted by Gasteiger charge is -2.34. The number of nitrogens with zero attached hydrogens (tertiary/aromatic N) is 11. The number of carbonyl (C=O) groups excluding carboxylic acids is 1. The molecular formula is C39H42N14O3. The maximum Gasteiger partial charge on any atom is 0.326 e. The first kappa shape index (κ1) is 36.1. The van der Waals surface area contributed by atoms with E-state index in [0.717, 1.165) is 75.7 Å². The van der Waals surface area contributed by atoms with Crippen LogP contribution >= 0.6 is 0 Å². The van der Waals surface area contributed by atoms with Crippen LogP contribution in [0.1, 0.15) is 16.1 Å².